The van der Waals surface area contributed by atoms with Gasteiger partial charge in [-0.3, -0.25) is 4.79 Å². The fourth-order valence-electron chi connectivity index (χ4n) is 3.89. The molecule has 3 nitrogen and oxygen atoms in total. The zero-order valence-electron chi connectivity index (χ0n) is 12.1. The van der Waals surface area contributed by atoms with Gasteiger partial charge in [0.05, 0.1) is 0 Å². The van der Waals surface area contributed by atoms with Crippen molar-refractivity contribution in [2.45, 2.75) is 32.1 Å². The predicted molar refractivity (Wildman–Crippen MR) is 82.6 cm³/mol. The summed E-state index contributed by atoms with van der Waals surface area (Å²) in [6.07, 6.45) is 5.90. The van der Waals surface area contributed by atoms with Gasteiger partial charge in [0.1, 0.15) is 6.61 Å². The van der Waals surface area contributed by atoms with E-state index in [-0.39, 0.29) is 12.5 Å². The standard InChI is InChI=1S/C18H21NO2/c20-8-2-4-13-3-1-5-17(11-13)19-18(21)12-16-10-14-6-7-15(16)9-14/h1,3,5,11,14-16,20H,6-10,12H2,(H,19,21). The molecule has 1 aromatic carbocycles. The first-order chi connectivity index (χ1) is 10.2. The minimum atomic E-state index is -0.152. The van der Waals surface area contributed by atoms with E-state index in [2.05, 4.69) is 17.2 Å². The molecular weight excluding hydrogens is 262 g/mol. The van der Waals surface area contributed by atoms with Gasteiger partial charge in [0.25, 0.3) is 0 Å². The van der Waals surface area contributed by atoms with Gasteiger partial charge < -0.3 is 10.4 Å². The number of fused-ring (bicyclic) bond motifs is 2. The van der Waals surface area contributed by atoms with Crippen LogP contribution in [0.3, 0.4) is 0 Å². The van der Waals surface area contributed by atoms with Crippen molar-refractivity contribution >= 4 is 11.6 Å². The third kappa shape index (κ3) is 3.46. The van der Waals surface area contributed by atoms with E-state index >= 15 is 0 Å². The number of hydrogen-bond donors (Lipinski definition) is 2. The molecule has 0 aliphatic heterocycles. The van der Waals surface area contributed by atoms with Crippen LogP contribution in [0, 0.1) is 29.6 Å². The van der Waals surface area contributed by atoms with Crippen LogP contribution in [0.15, 0.2) is 24.3 Å². The Morgan fingerprint density at radius 2 is 2.24 bits per heavy atom. The minimum absolute atomic E-state index is 0.111. The van der Waals surface area contributed by atoms with Crippen molar-refractivity contribution in [3.05, 3.63) is 29.8 Å². The number of nitrogens with one attached hydrogen (secondary N) is 1. The van der Waals surface area contributed by atoms with Gasteiger partial charge >= 0.3 is 0 Å². The van der Waals surface area contributed by atoms with Crippen LogP contribution >= 0.6 is 0 Å². The van der Waals surface area contributed by atoms with Gasteiger partial charge in [-0.2, -0.15) is 0 Å². The number of aliphatic hydroxyl groups excluding tert-OH is 1. The van der Waals surface area contributed by atoms with Crippen LogP contribution in [0.2, 0.25) is 0 Å². The van der Waals surface area contributed by atoms with Crippen molar-refractivity contribution in [2.75, 3.05) is 11.9 Å². The Kier molecular flexibility index (Phi) is 4.26. The Bertz CT molecular complexity index is 584. The zero-order valence-corrected chi connectivity index (χ0v) is 12.1. The van der Waals surface area contributed by atoms with Crippen molar-refractivity contribution < 1.29 is 9.90 Å². The summed E-state index contributed by atoms with van der Waals surface area (Å²) in [6, 6.07) is 7.47. The molecule has 0 radical (unpaired) electrons. The number of benzene rings is 1. The summed E-state index contributed by atoms with van der Waals surface area (Å²) in [5, 5.41) is 11.7. The summed E-state index contributed by atoms with van der Waals surface area (Å²) in [5.74, 6) is 7.82. The minimum Gasteiger partial charge on any atom is -0.384 e. The second-order valence-electron chi connectivity index (χ2n) is 6.23. The molecular formula is C18H21NO2. The third-order valence-corrected chi connectivity index (χ3v) is 4.79. The van der Waals surface area contributed by atoms with E-state index in [1.165, 1.54) is 25.7 Å². The average Bonchev–Trinajstić information content (AvgIpc) is 3.08. The third-order valence-electron chi connectivity index (χ3n) is 4.79. The molecule has 0 aromatic heterocycles. The Labute approximate surface area is 125 Å². The highest BCUT2D eigenvalue weighted by Crippen LogP contribution is 2.49. The molecule has 3 atom stereocenters. The van der Waals surface area contributed by atoms with Crippen molar-refractivity contribution in [3.8, 4) is 11.8 Å². The van der Waals surface area contributed by atoms with E-state index in [4.69, 9.17) is 5.11 Å². The molecule has 2 aliphatic carbocycles. The summed E-state index contributed by atoms with van der Waals surface area (Å²) >= 11 is 0. The Balaban J connectivity index is 1.57. The van der Waals surface area contributed by atoms with Crippen LogP contribution in [0.5, 0.6) is 0 Å². The maximum atomic E-state index is 12.2. The molecule has 0 spiro atoms. The predicted octanol–water partition coefficient (Wildman–Crippen LogP) is 2.80. The van der Waals surface area contributed by atoms with Crippen LogP contribution < -0.4 is 5.32 Å². The summed E-state index contributed by atoms with van der Waals surface area (Å²) < 4.78 is 0. The SMILES string of the molecule is O=C(CC1CC2CCC1C2)Nc1cccc(C#CCO)c1. The summed E-state index contributed by atoms with van der Waals surface area (Å²) in [7, 11) is 0. The highest BCUT2D eigenvalue weighted by atomic mass is 16.2. The van der Waals surface area contributed by atoms with Gasteiger partial charge in [-0.15, -0.1) is 0 Å². The fraction of sp³-hybridized carbons (Fsp3) is 0.500. The molecule has 110 valence electrons. The van der Waals surface area contributed by atoms with E-state index in [0.29, 0.717) is 12.3 Å². The van der Waals surface area contributed by atoms with Crippen molar-refractivity contribution in [1.82, 2.24) is 0 Å². The number of hydrogen-bond acceptors (Lipinski definition) is 2. The van der Waals surface area contributed by atoms with E-state index in [9.17, 15) is 4.79 Å². The molecule has 3 unspecified atom stereocenters. The highest BCUT2D eigenvalue weighted by molar-refractivity contribution is 5.91. The second-order valence-corrected chi connectivity index (χ2v) is 6.23. The number of anilines is 1. The first-order valence-electron chi connectivity index (χ1n) is 7.74. The number of carbonyl (C=O) groups is 1. The molecule has 1 amide bonds. The Morgan fingerprint density at radius 3 is 2.95 bits per heavy atom. The number of carbonyl (C=O) groups excluding carboxylic acids is 1. The monoisotopic (exact) mass is 283 g/mol. The lowest BCUT2D eigenvalue weighted by Gasteiger charge is -2.20. The largest absolute Gasteiger partial charge is 0.384 e. The number of rotatable bonds is 3. The average molecular weight is 283 g/mol. The van der Waals surface area contributed by atoms with Crippen LogP contribution in [-0.4, -0.2) is 17.6 Å². The van der Waals surface area contributed by atoms with E-state index < -0.39 is 0 Å². The highest BCUT2D eigenvalue weighted by Gasteiger charge is 2.40. The zero-order chi connectivity index (χ0) is 14.7. The summed E-state index contributed by atoms with van der Waals surface area (Å²) in [5.41, 5.74) is 1.59. The molecule has 2 saturated carbocycles. The number of aliphatic hydroxyl groups is 1. The quantitative estimate of drug-likeness (QED) is 0.838. The summed E-state index contributed by atoms with van der Waals surface area (Å²) in [4.78, 5) is 12.2. The molecule has 3 rings (SSSR count). The van der Waals surface area contributed by atoms with Gasteiger partial charge in [-0.05, 0) is 55.2 Å². The molecule has 0 saturated heterocycles. The fourth-order valence-corrected chi connectivity index (χ4v) is 3.89. The molecule has 2 N–H and O–H groups in total. The van der Waals surface area contributed by atoms with Crippen molar-refractivity contribution in [3.63, 3.8) is 0 Å². The van der Waals surface area contributed by atoms with Crippen LogP contribution in [0.25, 0.3) is 0 Å². The first kappa shape index (κ1) is 14.2. The van der Waals surface area contributed by atoms with E-state index in [1.807, 2.05) is 24.3 Å². The normalized spacial score (nSPS) is 26.2. The maximum absolute atomic E-state index is 12.2. The van der Waals surface area contributed by atoms with Crippen molar-refractivity contribution in [1.29, 1.82) is 0 Å². The molecule has 2 aliphatic rings. The first-order valence-corrected chi connectivity index (χ1v) is 7.74. The molecule has 3 heteroatoms. The van der Waals surface area contributed by atoms with Crippen LogP contribution in [0.4, 0.5) is 5.69 Å². The maximum Gasteiger partial charge on any atom is 0.224 e. The second kappa shape index (κ2) is 6.32. The van der Waals surface area contributed by atoms with E-state index in [1.54, 1.807) is 0 Å². The van der Waals surface area contributed by atoms with Gasteiger partial charge in [-0.25, -0.2) is 0 Å². The lowest BCUT2D eigenvalue weighted by atomic mass is 9.86. The molecule has 0 heterocycles. The summed E-state index contributed by atoms with van der Waals surface area (Å²) in [6.45, 7) is -0.152. The molecule has 1 aromatic rings. The molecule has 21 heavy (non-hydrogen) atoms. The smallest absolute Gasteiger partial charge is 0.224 e. The Morgan fingerprint density at radius 1 is 1.33 bits per heavy atom. The number of amides is 1. The van der Waals surface area contributed by atoms with Crippen LogP contribution in [0.1, 0.15) is 37.7 Å². The lowest BCUT2D eigenvalue weighted by Crippen LogP contribution is -2.20. The lowest BCUT2D eigenvalue weighted by molar-refractivity contribution is -0.117. The van der Waals surface area contributed by atoms with Gasteiger partial charge in [-0.1, -0.05) is 24.3 Å². The topological polar surface area (TPSA) is 49.3 Å². The van der Waals surface area contributed by atoms with Gasteiger partial charge in [0.2, 0.25) is 5.91 Å². The van der Waals surface area contributed by atoms with Crippen LogP contribution in [-0.2, 0) is 4.79 Å². The van der Waals surface area contributed by atoms with Crippen molar-refractivity contribution in [2.24, 2.45) is 17.8 Å². The Hall–Kier alpha value is -1.79. The molecule has 2 bridgehead atoms. The molecule has 2 fully saturated rings. The van der Waals surface area contributed by atoms with Gasteiger partial charge in [0, 0.05) is 17.7 Å². The van der Waals surface area contributed by atoms with Gasteiger partial charge in [0.15, 0.2) is 0 Å². The van der Waals surface area contributed by atoms with E-state index in [0.717, 1.165) is 23.1 Å².